The molecule has 0 bridgehead atoms. The first kappa shape index (κ1) is 19.1. The maximum Gasteiger partial charge on any atom is 0.351 e. The first-order chi connectivity index (χ1) is 14.1. The third-order valence-electron chi connectivity index (χ3n) is 4.37. The maximum atomic E-state index is 12.6. The predicted octanol–water partition coefficient (Wildman–Crippen LogP) is 4.32. The second-order valence-electron chi connectivity index (χ2n) is 6.49. The summed E-state index contributed by atoms with van der Waals surface area (Å²) in [6.07, 6.45) is 0.785. The number of hydrogen-bond acceptors (Lipinski definition) is 7. The minimum absolute atomic E-state index is 0.309. The van der Waals surface area contributed by atoms with Crippen LogP contribution >= 0.6 is 11.3 Å². The van der Waals surface area contributed by atoms with E-state index in [1.165, 1.54) is 11.3 Å². The van der Waals surface area contributed by atoms with Crippen molar-refractivity contribution in [1.82, 2.24) is 4.98 Å². The fraction of sp³-hybridized carbons (Fsp3) is 0.227. The number of thiazole rings is 1. The van der Waals surface area contributed by atoms with Gasteiger partial charge in [-0.15, -0.1) is 11.3 Å². The second kappa shape index (κ2) is 8.45. The number of carbonyl (C=O) groups excluding carboxylic acids is 2. The Balaban J connectivity index is 1.47. The number of ether oxygens (including phenoxy) is 3. The number of fused-ring (bicyclic) bond motifs is 1. The topological polar surface area (TPSA) is 74.7 Å². The number of carbonyl (C=O) groups is 2. The van der Waals surface area contributed by atoms with Crippen LogP contribution in [0.1, 0.15) is 31.5 Å². The smallest absolute Gasteiger partial charge is 0.351 e. The highest BCUT2D eigenvalue weighted by Gasteiger charge is 2.21. The van der Waals surface area contributed by atoms with E-state index in [2.05, 4.69) is 4.98 Å². The van der Waals surface area contributed by atoms with Crippen LogP contribution in [0.4, 0.5) is 0 Å². The van der Waals surface area contributed by atoms with Gasteiger partial charge in [0.2, 0.25) is 0 Å². The number of hydrogen-bond donors (Lipinski definition) is 0. The van der Waals surface area contributed by atoms with E-state index in [-0.39, 0.29) is 12.4 Å². The summed E-state index contributed by atoms with van der Waals surface area (Å²) in [4.78, 5) is 30.0. The standard InChI is InChI=1S/C22H19NO5S/c1-14-23-20(15-6-3-2-4-7-15)21(29-14)22(25)28-13-17(24)16-8-9-18-19(12-16)27-11-5-10-26-18/h2-4,6-9,12H,5,10-11,13H2,1H3. The molecule has 0 spiro atoms. The molecular weight excluding hydrogens is 390 g/mol. The molecule has 0 radical (unpaired) electrons. The number of esters is 1. The molecule has 0 N–H and O–H groups in total. The number of rotatable bonds is 5. The van der Waals surface area contributed by atoms with Crippen molar-refractivity contribution in [3.05, 3.63) is 64.0 Å². The Morgan fingerprint density at radius 2 is 1.83 bits per heavy atom. The SMILES string of the molecule is Cc1nc(-c2ccccc2)c(C(=O)OCC(=O)c2ccc3c(c2)OCCCO3)s1. The molecule has 1 aromatic heterocycles. The van der Waals surface area contributed by atoms with Gasteiger partial charge in [-0.1, -0.05) is 30.3 Å². The van der Waals surface area contributed by atoms with Gasteiger partial charge in [-0.2, -0.15) is 0 Å². The quantitative estimate of drug-likeness (QED) is 0.462. The van der Waals surface area contributed by atoms with Gasteiger partial charge in [-0.05, 0) is 25.1 Å². The molecule has 0 unspecified atom stereocenters. The zero-order valence-corrected chi connectivity index (χ0v) is 16.7. The third kappa shape index (κ3) is 4.30. The third-order valence-corrected chi connectivity index (χ3v) is 5.32. The van der Waals surface area contributed by atoms with Gasteiger partial charge in [-0.3, -0.25) is 4.79 Å². The molecule has 6 nitrogen and oxygen atoms in total. The highest BCUT2D eigenvalue weighted by molar-refractivity contribution is 7.14. The Kier molecular flexibility index (Phi) is 5.57. The van der Waals surface area contributed by atoms with Crippen LogP contribution in [0.5, 0.6) is 11.5 Å². The van der Waals surface area contributed by atoms with Gasteiger partial charge in [0, 0.05) is 17.5 Å². The van der Waals surface area contributed by atoms with E-state index in [1.807, 2.05) is 37.3 Å². The van der Waals surface area contributed by atoms with Crippen LogP contribution in [0.25, 0.3) is 11.3 Å². The first-order valence-electron chi connectivity index (χ1n) is 9.24. The molecule has 148 valence electrons. The van der Waals surface area contributed by atoms with Crippen molar-refractivity contribution in [3.63, 3.8) is 0 Å². The zero-order valence-electron chi connectivity index (χ0n) is 15.8. The second-order valence-corrected chi connectivity index (χ2v) is 7.69. The molecule has 2 heterocycles. The summed E-state index contributed by atoms with van der Waals surface area (Å²) in [5, 5.41) is 0.755. The van der Waals surface area contributed by atoms with Gasteiger partial charge in [-0.25, -0.2) is 9.78 Å². The average Bonchev–Trinajstić information content (AvgIpc) is 2.99. The number of ketones is 1. The van der Waals surface area contributed by atoms with Crippen molar-refractivity contribution in [3.8, 4) is 22.8 Å². The molecule has 1 aliphatic rings. The summed E-state index contributed by atoms with van der Waals surface area (Å²) in [6, 6.07) is 14.4. The minimum Gasteiger partial charge on any atom is -0.490 e. The lowest BCUT2D eigenvalue weighted by Gasteiger charge is -2.09. The molecule has 0 atom stereocenters. The number of benzene rings is 2. The van der Waals surface area contributed by atoms with E-state index in [0.717, 1.165) is 17.0 Å². The van der Waals surface area contributed by atoms with Crippen LogP contribution < -0.4 is 9.47 Å². The van der Waals surface area contributed by atoms with Crippen molar-refractivity contribution < 1.29 is 23.8 Å². The molecule has 0 fully saturated rings. The Morgan fingerprint density at radius 3 is 2.62 bits per heavy atom. The Bertz CT molecular complexity index is 1040. The van der Waals surface area contributed by atoms with E-state index in [9.17, 15) is 9.59 Å². The normalized spacial score (nSPS) is 12.9. The van der Waals surface area contributed by atoms with Crippen molar-refractivity contribution in [2.24, 2.45) is 0 Å². The van der Waals surface area contributed by atoms with Crippen molar-refractivity contribution >= 4 is 23.1 Å². The van der Waals surface area contributed by atoms with Gasteiger partial charge in [0.25, 0.3) is 0 Å². The molecule has 1 aliphatic heterocycles. The van der Waals surface area contributed by atoms with Crippen molar-refractivity contribution in [1.29, 1.82) is 0 Å². The van der Waals surface area contributed by atoms with E-state index >= 15 is 0 Å². The fourth-order valence-electron chi connectivity index (χ4n) is 2.97. The zero-order chi connectivity index (χ0) is 20.2. The summed E-state index contributed by atoms with van der Waals surface area (Å²) in [5.41, 5.74) is 1.81. The van der Waals surface area contributed by atoms with Gasteiger partial charge < -0.3 is 14.2 Å². The van der Waals surface area contributed by atoms with E-state index in [4.69, 9.17) is 14.2 Å². The summed E-state index contributed by atoms with van der Waals surface area (Å²) in [7, 11) is 0. The van der Waals surface area contributed by atoms with Crippen LogP contribution in [-0.2, 0) is 4.74 Å². The molecule has 4 rings (SSSR count). The van der Waals surface area contributed by atoms with Crippen molar-refractivity contribution in [2.75, 3.05) is 19.8 Å². The largest absolute Gasteiger partial charge is 0.490 e. The predicted molar refractivity (Wildman–Crippen MR) is 109 cm³/mol. The Labute approximate surface area is 172 Å². The molecular formula is C22H19NO5S. The maximum absolute atomic E-state index is 12.6. The number of Topliss-reactive ketones (excluding diaryl/α,β-unsaturated/α-hetero) is 1. The fourth-order valence-corrected chi connectivity index (χ4v) is 3.81. The summed E-state index contributed by atoms with van der Waals surface area (Å²) < 4.78 is 16.5. The molecule has 0 saturated heterocycles. The van der Waals surface area contributed by atoms with Crippen LogP contribution in [0, 0.1) is 6.92 Å². The minimum atomic E-state index is -0.558. The molecule has 2 aromatic carbocycles. The van der Waals surface area contributed by atoms with Crippen molar-refractivity contribution in [2.45, 2.75) is 13.3 Å². The summed E-state index contributed by atoms with van der Waals surface area (Å²) >= 11 is 1.25. The lowest BCUT2D eigenvalue weighted by atomic mass is 10.1. The van der Waals surface area contributed by atoms with E-state index < -0.39 is 5.97 Å². The molecule has 0 aliphatic carbocycles. The summed E-state index contributed by atoms with van der Waals surface area (Å²) in [5.74, 6) is 0.279. The summed E-state index contributed by atoms with van der Waals surface area (Å²) in [6.45, 7) is 2.59. The van der Waals surface area contributed by atoms with E-state index in [1.54, 1.807) is 18.2 Å². The van der Waals surface area contributed by atoms with Crippen LogP contribution in [0.2, 0.25) is 0 Å². The Hall–Kier alpha value is -3.19. The highest BCUT2D eigenvalue weighted by Crippen LogP contribution is 2.31. The van der Waals surface area contributed by atoms with Gasteiger partial charge in [0.05, 0.1) is 23.9 Å². The van der Waals surface area contributed by atoms with Crippen LogP contribution in [-0.4, -0.2) is 36.6 Å². The highest BCUT2D eigenvalue weighted by atomic mass is 32.1. The van der Waals surface area contributed by atoms with Gasteiger partial charge >= 0.3 is 5.97 Å². The molecule has 0 saturated carbocycles. The Morgan fingerprint density at radius 1 is 1.07 bits per heavy atom. The lowest BCUT2D eigenvalue weighted by Crippen LogP contribution is -2.14. The van der Waals surface area contributed by atoms with E-state index in [0.29, 0.717) is 40.8 Å². The van der Waals surface area contributed by atoms with Crippen LogP contribution in [0.3, 0.4) is 0 Å². The molecule has 29 heavy (non-hydrogen) atoms. The number of nitrogens with zero attached hydrogens (tertiary/aromatic N) is 1. The van der Waals surface area contributed by atoms with Gasteiger partial charge in [0.15, 0.2) is 23.9 Å². The lowest BCUT2D eigenvalue weighted by molar-refractivity contribution is 0.0480. The monoisotopic (exact) mass is 409 g/mol. The molecule has 0 amide bonds. The number of aromatic nitrogens is 1. The van der Waals surface area contributed by atoms with Crippen LogP contribution in [0.15, 0.2) is 48.5 Å². The first-order valence-corrected chi connectivity index (χ1v) is 10.1. The molecule has 3 aromatic rings. The number of aryl methyl sites for hydroxylation is 1. The average molecular weight is 409 g/mol. The molecule has 7 heteroatoms. The van der Waals surface area contributed by atoms with Gasteiger partial charge in [0.1, 0.15) is 4.88 Å².